The van der Waals surface area contributed by atoms with Crippen LogP contribution in [0.2, 0.25) is 0 Å². The molecule has 2 saturated carbocycles. The second-order valence-electron chi connectivity index (χ2n) is 9.63. The first-order valence-electron chi connectivity index (χ1n) is 10.8. The molecule has 2 fully saturated rings. The quantitative estimate of drug-likeness (QED) is 0.494. The zero-order chi connectivity index (χ0) is 21.9. The van der Waals surface area contributed by atoms with Crippen molar-refractivity contribution in [2.75, 3.05) is 5.33 Å². The van der Waals surface area contributed by atoms with Crippen LogP contribution in [0.5, 0.6) is 0 Å². The number of hydrogen-bond donors (Lipinski definition) is 1. The van der Waals surface area contributed by atoms with E-state index in [0.717, 1.165) is 12.0 Å². The molecule has 0 amide bonds. The summed E-state index contributed by atoms with van der Waals surface area (Å²) in [5, 5.41) is 11.5. The third-order valence-electron chi connectivity index (χ3n) is 8.33. The van der Waals surface area contributed by atoms with E-state index in [4.69, 9.17) is 4.74 Å². The molecule has 30 heavy (non-hydrogen) atoms. The van der Waals surface area contributed by atoms with E-state index in [1.54, 1.807) is 19.1 Å². The van der Waals surface area contributed by atoms with Crippen LogP contribution in [0, 0.1) is 28.6 Å². The molecule has 1 N–H and O–H groups in total. The molecule has 6 heteroatoms. The van der Waals surface area contributed by atoms with Crippen LogP contribution in [0.25, 0.3) is 0 Å². The third kappa shape index (κ3) is 2.79. The molecule has 4 rings (SSSR count). The van der Waals surface area contributed by atoms with Gasteiger partial charge in [-0.1, -0.05) is 54.9 Å². The molecule has 0 aliphatic heterocycles. The minimum Gasteiger partial charge on any atom is -0.450 e. The molecule has 0 radical (unpaired) electrons. The Hall–Kier alpha value is -1.53. The number of Topliss-reactive ketones (excluding diaryl/α,β-unsaturated/α-hetero) is 1. The summed E-state index contributed by atoms with van der Waals surface area (Å²) in [4.78, 5) is 37.4. The number of esters is 1. The average Bonchev–Trinajstić information content (AvgIpc) is 3.00. The number of halogens is 1. The highest BCUT2D eigenvalue weighted by Crippen LogP contribution is 2.66. The van der Waals surface area contributed by atoms with Crippen molar-refractivity contribution < 1.29 is 24.2 Å². The Morgan fingerprint density at radius 3 is 2.70 bits per heavy atom. The fraction of sp³-hybridized carbons (Fsp3) is 0.625. The van der Waals surface area contributed by atoms with Crippen LogP contribution in [0.1, 0.15) is 46.5 Å². The van der Waals surface area contributed by atoms with Crippen molar-refractivity contribution >= 4 is 33.5 Å². The fourth-order valence-corrected chi connectivity index (χ4v) is 7.28. The van der Waals surface area contributed by atoms with E-state index in [9.17, 15) is 19.5 Å². The van der Waals surface area contributed by atoms with Crippen molar-refractivity contribution in [3.8, 4) is 0 Å². The van der Waals surface area contributed by atoms with Crippen molar-refractivity contribution in [1.29, 1.82) is 0 Å². The lowest BCUT2D eigenvalue weighted by molar-refractivity contribution is -0.193. The molecule has 7 atom stereocenters. The molecular formula is C24H29BrO5. The van der Waals surface area contributed by atoms with Gasteiger partial charge in [0.15, 0.2) is 17.2 Å². The molecule has 5 nitrogen and oxygen atoms in total. The third-order valence-corrected chi connectivity index (χ3v) is 8.84. The van der Waals surface area contributed by atoms with E-state index in [1.165, 1.54) is 0 Å². The van der Waals surface area contributed by atoms with Gasteiger partial charge in [-0.15, -0.1) is 0 Å². The van der Waals surface area contributed by atoms with Crippen molar-refractivity contribution in [3.63, 3.8) is 0 Å². The number of fused-ring (bicyclic) bond motifs is 5. The highest BCUT2D eigenvalue weighted by Gasteiger charge is 2.69. The van der Waals surface area contributed by atoms with Crippen molar-refractivity contribution in [2.24, 2.45) is 28.6 Å². The number of allylic oxidation sites excluding steroid dienone is 6. The summed E-state index contributed by atoms with van der Waals surface area (Å²) in [7, 11) is 0. The Balaban J connectivity index is 1.80. The Labute approximate surface area is 185 Å². The van der Waals surface area contributed by atoms with Gasteiger partial charge in [0.25, 0.3) is 0 Å². The first-order valence-corrected chi connectivity index (χ1v) is 11.9. The van der Waals surface area contributed by atoms with Gasteiger partial charge < -0.3 is 9.84 Å². The van der Waals surface area contributed by atoms with E-state index < -0.39 is 22.5 Å². The molecule has 0 aromatic heterocycles. The predicted octanol–water partition coefficient (Wildman–Crippen LogP) is 3.70. The maximum Gasteiger partial charge on any atom is 0.306 e. The number of alkyl halides is 1. The van der Waals surface area contributed by atoms with Crippen molar-refractivity contribution in [3.05, 3.63) is 36.0 Å². The standard InChI is InChI=1S/C24H29BrO5/c1-4-20(29)30-24(19(28)13-25)10-8-17-16-6-5-14-11-15(26)7-9-22(14,2)21(16)18(27)12-23(17,24)3/h5-7,9,11,16-18,21,27H,4,8,10,12-13H2,1-3H3/t16-,17-,18-,21+,22-,23-,24+/m0/s1. The summed E-state index contributed by atoms with van der Waals surface area (Å²) in [5.74, 6) is -0.506. The lowest BCUT2D eigenvalue weighted by Crippen LogP contribution is -2.62. The molecule has 0 unspecified atom stereocenters. The first-order chi connectivity index (χ1) is 14.1. The molecule has 4 aliphatic carbocycles. The molecule has 0 bridgehead atoms. The highest BCUT2D eigenvalue weighted by molar-refractivity contribution is 9.09. The number of carbonyl (C=O) groups is 3. The summed E-state index contributed by atoms with van der Waals surface area (Å²) in [5.41, 5.74) is -1.38. The van der Waals surface area contributed by atoms with Gasteiger partial charge in [-0.3, -0.25) is 14.4 Å². The summed E-state index contributed by atoms with van der Waals surface area (Å²) >= 11 is 3.29. The van der Waals surface area contributed by atoms with E-state index in [1.807, 2.05) is 19.1 Å². The summed E-state index contributed by atoms with van der Waals surface area (Å²) in [6.07, 6.45) is 10.4. The number of rotatable bonds is 4. The molecule has 0 heterocycles. The van der Waals surface area contributed by atoms with Gasteiger partial charge in [-0.25, -0.2) is 0 Å². The normalized spacial score (nSPS) is 44.0. The number of aliphatic hydroxyl groups excluding tert-OH is 1. The van der Waals surface area contributed by atoms with Crippen LogP contribution in [0.3, 0.4) is 0 Å². The Kier molecular flexibility index (Phi) is 5.25. The van der Waals surface area contributed by atoms with Gasteiger partial charge in [-0.05, 0) is 48.8 Å². The number of aliphatic hydroxyl groups is 1. The Morgan fingerprint density at radius 1 is 1.30 bits per heavy atom. The molecule has 162 valence electrons. The summed E-state index contributed by atoms with van der Waals surface area (Å²) < 4.78 is 5.92. The van der Waals surface area contributed by atoms with Crippen LogP contribution in [-0.4, -0.2) is 39.7 Å². The topological polar surface area (TPSA) is 80.7 Å². The second kappa shape index (κ2) is 7.27. The van der Waals surface area contributed by atoms with Crippen LogP contribution < -0.4 is 0 Å². The maximum atomic E-state index is 13.2. The van der Waals surface area contributed by atoms with Gasteiger partial charge in [0.05, 0.1) is 11.4 Å². The molecule has 0 aromatic carbocycles. The zero-order valence-electron chi connectivity index (χ0n) is 17.7. The molecule has 4 aliphatic rings. The lowest BCUT2D eigenvalue weighted by atomic mass is 9.48. The zero-order valence-corrected chi connectivity index (χ0v) is 19.3. The molecule has 0 spiro atoms. The minimum absolute atomic E-state index is 0.0316. The van der Waals surface area contributed by atoms with Gasteiger partial charge in [0.2, 0.25) is 0 Å². The lowest BCUT2D eigenvalue weighted by Gasteiger charge is -2.58. The number of carbonyl (C=O) groups excluding carboxylic acids is 3. The van der Waals surface area contributed by atoms with Crippen LogP contribution in [-0.2, 0) is 19.1 Å². The predicted molar refractivity (Wildman–Crippen MR) is 116 cm³/mol. The smallest absolute Gasteiger partial charge is 0.306 e. The fourth-order valence-electron chi connectivity index (χ4n) is 6.83. The SMILES string of the molecule is CCC(=O)O[C@@]1(C(=O)CBr)CC[C@H]2[C@@H]3C=CC4=CC(=O)C=C[C@]4(C)[C@H]3[C@@H](O)C[C@@]21C. The van der Waals surface area contributed by atoms with Crippen LogP contribution in [0.15, 0.2) is 36.0 Å². The van der Waals surface area contributed by atoms with E-state index in [-0.39, 0.29) is 47.0 Å². The molecule has 0 saturated heterocycles. The first kappa shape index (κ1) is 21.7. The Bertz CT molecular complexity index is 888. The van der Waals surface area contributed by atoms with Gasteiger partial charge in [0.1, 0.15) is 0 Å². The van der Waals surface area contributed by atoms with Gasteiger partial charge in [0, 0.05) is 23.2 Å². The number of hydrogen-bond acceptors (Lipinski definition) is 5. The van der Waals surface area contributed by atoms with E-state index in [2.05, 4.69) is 28.9 Å². The Morgan fingerprint density at radius 2 is 2.03 bits per heavy atom. The molecule has 0 aromatic rings. The maximum absolute atomic E-state index is 13.2. The molecular weight excluding hydrogens is 448 g/mol. The van der Waals surface area contributed by atoms with Gasteiger partial charge in [-0.2, -0.15) is 0 Å². The monoisotopic (exact) mass is 476 g/mol. The van der Waals surface area contributed by atoms with Crippen LogP contribution >= 0.6 is 15.9 Å². The number of ether oxygens (including phenoxy) is 1. The van der Waals surface area contributed by atoms with Crippen LogP contribution in [0.4, 0.5) is 0 Å². The van der Waals surface area contributed by atoms with E-state index >= 15 is 0 Å². The van der Waals surface area contributed by atoms with E-state index in [0.29, 0.717) is 12.8 Å². The van der Waals surface area contributed by atoms with Crippen molar-refractivity contribution in [1.82, 2.24) is 0 Å². The highest BCUT2D eigenvalue weighted by atomic mass is 79.9. The van der Waals surface area contributed by atoms with Crippen molar-refractivity contribution in [2.45, 2.75) is 58.2 Å². The summed E-state index contributed by atoms with van der Waals surface area (Å²) in [6, 6.07) is 0. The number of ketones is 2. The summed E-state index contributed by atoms with van der Waals surface area (Å²) in [6.45, 7) is 5.82. The largest absolute Gasteiger partial charge is 0.450 e. The second-order valence-corrected chi connectivity index (χ2v) is 10.2. The van der Waals surface area contributed by atoms with Gasteiger partial charge >= 0.3 is 5.97 Å². The average molecular weight is 477 g/mol. The minimum atomic E-state index is -1.22.